The summed E-state index contributed by atoms with van der Waals surface area (Å²) in [6, 6.07) is 8.17. The minimum atomic E-state index is -0.328. The van der Waals surface area contributed by atoms with Crippen molar-refractivity contribution in [1.29, 1.82) is 0 Å². The van der Waals surface area contributed by atoms with E-state index in [4.69, 9.17) is 4.74 Å². The second kappa shape index (κ2) is 6.82. The number of benzene rings is 1. The molecule has 0 saturated heterocycles. The average Bonchev–Trinajstić information content (AvgIpc) is 2.94. The number of pyridine rings is 1. The molecule has 0 amide bonds. The van der Waals surface area contributed by atoms with E-state index in [1.165, 1.54) is 0 Å². The van der Waals surface area contributed by atoms with Gasteiger partial charge in [0.15, 0.2) is 5.69 Å². The molecule has 1 N–H and O–H groups in total. The molecule has 0 bridgehead atoms. The van der Waals surface area contributed by atoms with Crippen LogP contribution in [0.3, 0.4) is 0 Å². The Hall–Kier alpha value is -2.36. The van der Waals surface area contributed by atoms with Gasteiger partial charge in [-0.05, 0) is 31.4 Å². The van der Waals surface area contributed by atoms with Crippen LogP contribution in [0.2, 0.25) is 0 Å². The molecule has 2 heterocycles. The molecular weight excluding hydrogens is 288 g/mol. The number of esters is 1. The predicted molar refractivity (Wildman–Crippen MR) is 92.8 cm³/mol. The van der Waals surface area contributed by atoms with Crippen LogP contribution >= 0.6 is 0 Å². The largest absolute Gasteiger partial charge is 0.461 e. The summed E-state index contributed by atoms with van der Waals surface area (Å²) in [5.74, 6) is -0.328. The van der Waals surface area contributed by atoms with Crippen LogP contribution in [0, 0.1) is 0 Å². The standard InChI is InChI=1S/C19H22N2O2/c1-3-5-6-10-14-17-13-9-7-8-11-15(13)21-16(17)12-20-18(14)19(22)23-4-2/h7-9,11-12,21H,3-6,10H2,1-2H3. The van der Waals surface area contributed by atoms with Gasteiger partial charge in [-0.25, -0.2) is 9.78 Å². The summed E-state index contributed by atoms with van der Waals surface area (Å²) < 4.78 is 5.20. The lowest BCUT2D eigenvalue weighted by Crippen LogP contribution is -2.11. The highest BCUT2D eigenvalue weighted by molar-refractivity contribution is 6.11. The van der Waals surface area contributed by atoms with Gasteiger partial charge in [0.05, 0.1) is 18.3 Å². The van der Waals surface area contributed by atoms with Crippen molar-refractivity contribution in [3.8, 4) is 0 Å². The van der Waals surface area contributed by atoms with Gasteiger partial charge in [-0.2, -0.15) is 0 Å². The minimum Gasteiger partial charge on any atom is -0.461 e. The first kappa shape index (κ1) is 15.5. The van der Waals surface area contributed by atoms with Gasteiger partial charge < -0.3 is 9.72 Å². The molecule has 0 unspecified atom stereocenters. The van der Waals surface area contributed by atoms with Crippen LogP contribution in [-0.2, 0) is 11.2 Å². The number of nitrogens with zero attached hydrogens (tertiary/aromatic N) is 1. The molecule has 0 radical (unpaired) electrons. The van der Waals surface area contributed by atoms with Crippen LogP contribution in [0.15, 0.2) is 30.5 Å². The molecule has 0 aliphatic carbocycles. The third-order valence-electron chi connectivity index (χ3n) is 4.14. The Labute approximate surface area is 135 Å². The highest BCUT2D eigenvalue weighted by Crippen LogP contribution is 2.30. The van der Waals surface area contributed by atoms with Gasteiger partial charge in [0.25, 0.3) is 0 Å². The lowest BCUT2D eigenvalue weighted by Gasteiger charge is -2.10. The second-order valence-electron chi connectivity index (χ2n) is 5.72. The summed E-state index contributed by atoms with van der Waals surface area (Å²) in [4.78, 5) is 20.1. The summed E-state index contributed by atoms with van der Waals surface area (Å²) in [6.45, 7) is 4.36. The Kier molecular flexibility index (Phi) is 4.60. The first-order valence-electron chi connectivity index (χ1n) is 8.31. The predicted octanol–water partition coefficient (Wildman–Crippen LogP) is 4.63. The highest BCUT2D eigenvalue weighted by atomic mass is 16.5. The molecule has 23 heavy (non-hydrogen) atoms. The van der Waals surface area contributed by atoms with Crippen LogP contribution in [-0.4, -0.2) is 22.5 Å². The molecule has 120 valence electrons. The lowest BCUT2D eigenvalue weighted by atomic mass is 9.99. The number of ether oxygens (including phenoxy) is 1. The maximum Gasteiger partial charge on any atom is 0.357 e. The number of aryl methyl sites for hydroxylation is 1. The normalized spacial score (nSPS) is 11.2. The van der Waals surface area contributed by atoms with Crippen molar-refractivity contribution in [2.75, 3.05) is 6.61 Å². The molecule has 4 nitrogen and oxygen atoms in total. The van der Waals surface area contributed by atoms with Crippen molar-refractivity contribution >= 4 is 27.8 Å². The second-order valence-corrected chi connectivity index (χ2v) is 5.72. The topological polar surface area (TPSA) is 55.0 Å². The van der Waals surface area contributed by atoms with Crippen molar-refractivity contribution in [3.63, 3.8) is 0 Å². The zero-order chi connectivity index (χ0) is 16.2. The fraction of sp³-hybridized carbons (Fsp3) is 0.368. The number of carbonyl (C=O) groups is 1. The van der Waals surface area contributed by atoms with Crippen LogP contribution < -0.4 is 0 Å². The van der Waals surface area contributed by atoms with Crippen molar-refractivity contribution < 1.29 is 9.53 Å². The number of aromatic amines is 1. The Morgan fingerprint density at radius 3 is 2.78 bits per heavy atom. The number of para-hydroxylation sites is 1. The fourth-order valence-corrected chi connectivity index (χ4v) is 3.08. The van der Waals surface area contributed by atoms with E-state index in [9.17, 15) is 4.79 Å². The third kappa shape index (κ3) is 2.93. The first-order valence-corrected chi connectivity index (χ1v) is 8.31. The number of rotatable bonds is 6. The Bertz CT molecular complexity index is 836. The molecule has 3 aromatic rings. The number of unbranched alkanes of at least 4 members (excludes halogenated alkanes) is 2. The zero-order valence-electron chi connectivity index (χ0n) is 13.7. The van der Waals surface area contributed by atoms with Crippen molar-refractivity contribution in [3.05, 3.63) is 41.7 Å². The van der Waals surface area contributed by atoms with Crippen molar-refractivity contribution in [2.24, 2.45) is 0 Å². The van der Waals surface area contributed by atoms with E-state index < -0.39 is 0 Å². The third-order valence-corrected chi connectivity index (χ3v) is 4.14. The first-order chi connectivity index (χ1) is 11.3. The molecule has 0 spiro atoms. The molecule has 0 aliphatic rings. The molecule has 0 fully saturated rings. The van der Waals surface area contributed by atoms with E-state index in [0.29, 0.717) is 12.3 Å². The minimum absolute atomic E-state index is 0.328. The van der Waals surface area contributed by atoms with E-state index in [0.717, 1.165) is 53.1 Å². The number of hydrogen-bond acceptors (Lipinski definition) is 3. The quantitative estimate of drug-likeness (QED) is 0.533. The SMILES string of the molecule is CCCCCc1c(C(=O)OCC)ncc2[nH]c3ccccc3c12. The van der Waals surface area contributed by atoms with Gasteiger partial charge in [0.2, 0.25) is 0 Å². The maximum atomic E-state index is 12.3. The molecule has 4 heteroatoms. The van der Waals surface area contributed by atoms with Gasteiger partial charge in [0, 0.05) is 16.3 Å². The number of aromatic nitrogens is 2. The van der Waals surface area contributed by atoms with Gasteiger partial charge in [0.1, 0.15) is 0 Å². The average molecular weight is 310 g/mol. The molecule has 3 rings (SSSR count). The van der Waals surface area contributed by atoms with Crippen LogP contribution in [0.5, 0.6) is 0 Å². The van der Waals surface area contributed by atoms with Gasteiger partial charge in [-0.15, -0.1) is 0 Å². The van der Waals surface area contributed by atoms with Crippen LogP contribution in [0.1, 0.15) is 49.2 Å². The van der Waals surface area contributed by atoms with E-state index in [1.54, 1.807) is 6.20 Å². The maximum absolute atomic E-state index is 12.3. The van der Waals surface area contributed by atoms with E-state index in [2.05, 4.69) is 29.0 Å². The molecular formula is C19H22N2O2. The lowest BCUT2D eigenvalue weighted by molar-refractivity contribution is 0.0518. The van der Waals surface area contributed by atoms with Crippen molar-refractivity contribution in [1.82, 2.24) is 9.97 Å². The van der Waals surface area contributed by atoms with Crippen LogP contribution in [0.4, 0.5) is 0 Å². The number of carbonyl (C=O) groups excluding carboxylic acids is 1. The molecule has 1 aromatic carbocycles. The van der Waals surface area contributed by atoms with E-state index in [1.807, 2.05) is 19.1 Å². The summed E-state index contributed by atoms with van der Waals surface area (Å²) >= 11 is 0. The summed E-state index contributed by atoms with van der Waals surface area (Å²) in [6.07, 6.45) is 5.91. The molecule has 2 aromatic heterocycles. The highest BCUT2D eigenvalue weighted by Gasteiger charge is 2.19. The summed E-state index contributed by atoms with van der Waals surface area (Å²) in [7, 11) is 0. The Morgan fingerprint density at radius 1 is 1.17 bits per heavy atom. The zero-order valence-corrected chi connectivity index (χ0v) is 13.7. The Balaban J connectivity index is 2.19. The van der Waals surface area contributed by atoms with E-state index in [-0.39, 0.29) is 5.97 Å². The number of H-pyrrole nitrogens is 1. The van der Waals surface area contributed by atoms with Gasteiger partial charge in [-0.1, -0.05) is 38.0 Å². The van der Waals surface area contributed by atoms with Gasteiger partial charge >= 0.3 is 5.97 Å². The van der Waals surface area contributed by atoms with Crippen LogP contribution in [0.25, 0.3) is 21.8 Å². The molecule has 0 atom stereocenters. The fourth-order valence-electron chi connectivity index (χ4n) is 3.08. The summed E-state index contributed by atoms with van der Waals surface area (Å²) in [5.41, 5.74) is 3.51. The Morgan fingerprint density at radius 2 is 2.00 bits per heavy atom. The van der Waals surface area contributed by atoms with E-state index >= 15 is 0 Å². The van der Waals surface area contributed by atoms with Crippen molar-refractivity contribution in [2.45, 2.75) is 39.5 Å². The van der Waals surface area contributed by atoms with Gasteiger partial charge in [-0.3, -0.25) is 0 Å². The smallest absolute Gasteiger partial charge is 0.357 e. The number of nitrogens with one attached hydrogen (secondary N) is 1. The molecule has 0 aliphatic heterocycles. The monoisotopic (exact) mass is 310 g/mol. The number of hydrogen-bond donors (Lipinski definition) is 1. The summed E-state index contributed by atoms with van der Waals surface area (Å²) in [5, 5.41) is 2.25. The molecule has 0 saturated carbocycles. The number of fused-ring (bicyclic) bond motifs is 3.